The third-order valence-electron chi connectivity index (χ3n) is 5.99. The van der Waals surface area contributed by atoms with Crippen LogP contribution >= 0.6 is 0 Å². The lowest BCUT2D eigenvalue weighted by Crippen LogP contribution is -2.56. The molecule has 218 valence electrons. The first kappa shape index (κ1) is 32.0. The van der Waals surface area contributed by atoms with Crippen molar-refractivity contribution in [2.75, 3.05) is 32.8 Å². The SMILES string of the molecule is Cn1cc(CN2CCC3(CC2)CN(Cc2ccccc2)CCO3)cn1.O=C(O)C(F)(F)F.O=C(O)C(F)(F)F. The van der Waals surface area contributed by atoms with Gasteiger partial charge >= 0.3 is 24.3 Å². The first-order chi connectivity index (χ1) is 18.1. The molecule has 4 rings (SSSR count). The van der Waals surface area contributed by atoms with Crippen molar-refractivity contribution in [1.29, 1.82) is 0 Å². The molecule has 2 aliphatic rings. The Morgan fingerprint density at radius 3 is 1.87 bits per heavy atom. The molecule has 2 aliphatic heterocycles. The topological polar surface area (TPSA) is 108 Å². The van der Waals surface area contributed by atoms with E-state index >= 15 is 0 Å². The Kier molecular flexibility index (Phi) is 11.3. The predicted octanol–water partition coefficient (Wildman–Crippen LogP) is 3.55. The number of aryl methyl sites for hydroxylation is 1. The quantitative estimate of drug-likeness (QED) is 0.540. The number of alkyl halides is 6. The fourth-order valence-corrected chi connectivity index (χ4v) is 4.13. The number of rotatable bonds is 4. The van der Waals surface area contributed by atoms with Crippen LogP contribution in [0.4, 0.5) is 26.3 Å². The lowest BCUT2D eigenvalue weighted by atomic mass is 9.89. The standard InChI is InChI=1S/C20H28N4O.2C2HF3O2/c1-22-14-19(13-21-22)16-23-9-7-20(8-10-23)17-24(11-12-25-20)15-18-5-3-2-4-6-18;2*3-2(4,5)1(6)7/h2-6,13-14H,7-12,15-17H2,1H3;2*(H,6,7). The molecular weight excluding hydrogens is 538 g/mol. The van der Waals surface area contributed by atoms with Crippen LogP contribution in [-0.2, 0) is 34.5 Å². The van der Waals surface area contributed by atoms with E-state index in [1.54, 1.807) is 0 Å². The Labute approximate surface area is 220 Å². The van der Waals surface area contributed by atoms with E-state index < -0.39 is 24.3 Å². The lowest BCUT2D eigenvalue weighted by molar-refractivity contribution is -0.193. The van der Waals surface area contributed by atoms with Gasteiger partial charge in [0, 0.05) is 58.1 Å². The summed E-state index contributed by atoms with van der Waals surface area (Å²) < 4.78 is 71.6. The second kappa shape index (κ2) is 13.8. The smallest absolute Gasteiger partial charge is 0.475 e. The van der Waals surface area contributed by atoms with Crippen molar-refractivity contribution in [2.45, 2.75) is 43.9 Å². The van der Waals surface area contributed by atoms with Crippen LogP contribution in [0.5, 0.6) is 0 Å². The third-order valence-corrected chi connectivity index (χ3v) is 5.99. The van der Waals surface area contributed by atoms with Crippen LogP contribution in [0.15, 0.2) is 42.7 Å². The van der Waals surface area contributed by atoms with E-state index in [0.717, 1.165) is 58.7 Å². The Bertz CT molecular complexity index is 1030. The number of hydrogen-bond acceptors (Lipinski definition) is 6. The summed E-state index contributed by atoms with van der Waals surface area (Å²) in [6.45, 7) is 7.19. The predicted molar refractivity (Wildman–Crippen MR) is 126 cm³/mol. The number of hydrogen-bond donors (Lipinski definition) is 2. The van der Waals surface area contributed by atoms with E-state index in [2.05, 4.69) is 51.4 Å². The van der Waals surface area contributed by atoms with E-state index in [4.69, 9.17) is 24.5 Å². The summed E-state index contributed by atoms with van der Waals surface area (Å²) in [5.41, 5.74) is 2.75. The van der Waals surface area contributed by atoms with Gasteiger partial charge in [0.1, 0.15) is 0 Å². The summed E-state index contributed by atoms with van der Waals surface area (Å²) in [5.74, 6) is -5.51. The molecule has 2 aromatic rings. The van der Waals surface area contributed by atoms with E-state index in [9.17, 15) is 26.3 Å². The minimum Gasteiger partial charge on any atom is -0.475 e. The van der Waals surface area contributed by atoms with Gasteiger partial charge < -0.3 is 14.9 Å². The fourth-order valence-electron chi connectivity index (χ4n) is 4.13. The summed E-state index contributed by atoms with van der Waals surface area (Å²) >= 11 is 0. The van der Waals surface area contributed by atoms with Gasteiger partial charge in [0.25, 0.3) is 0 Å². The van der Waals surface area contributed by atoms with Crippen molar-refractivity contribution >= 4 is 11.9 Å². The number of aromatic nitrogens is 2. The molecule has 9 nitrogen and oxygen atoms in total. The Balaban J connectivity index is 0.000000317. The number of carboxylic acids is 2. The van der Waals surface area contributed by atoms with Crippen LogP contribution in [0.2, 0.25) is 0 Å². The van der Waals surface area contributed by atoms with E-state index in [-0.39, 0.29) is 5.60 Å². The molecule has 0 bridgehead atoms. The minimum atomic E-state index is -5.08. The molecule has 39 heavy (non-hydrogen) atoms. The maximum Gasteiger partial charge on any atom is 0.490 e. The zero-order valence-electron chi connectivity index (χ0n) is 21.1. The fraction of sp³-hybridized carbons (Fsp3) is 0.542. The van der Waals surface area contributed by atoms with Gasteiger partial charge in [0.2, 0.25) is 0 Å². The van der Waals surface area contributed by atoms with Gasteiger partial charge in [0.15, 0.2) is 0 Å². The average Bonchev–Trinajstić information content (AvgIpc) is 3.25. The average molecular weight is 569 g/mol. The van der Waals surface area contributed by atoms with Crippen LogP contribution in [0.1, 0.15) is 24.0 Å². The highest BCUT2D eigenvalue weighted by Gasteiger charge is 2.40. The highest BCUT2D eigenvalue weighted by atomic mass is 19.4. The Hall–Kier alpha value is -3.17. The summed E-state index contributed by atoms with van der Waals surface area (Å²) in [6, 6.07) is 10.8. The van der Waals surface area contributed by atoms with Crippen molar-refractivity contribution in [2.24, 2.45) is 7.05 Å². The van der Waals surface area contributed by atoms with Crippen molar-refractivity contribution in [3.05, 3.63) is 53.9 Å². The lowest BCUT2D eigenvalue weighted by Gasteiger charge is -2.47. The number of aliphatic carboxylic acids is 2. The maximum atomic E-state index is 10.6. The summed E-state index contributed by atoms with van der Waals surface area (Å²) in [4.78, 5) is 22.9. The summed E-state index contributed by atoms with van der Waals surface area (Å²) in [5, 5.41) is 18.5. The first-order valence-electron chi connectivity index (χ1n) is 11.8. The molecule has 1 aromatic carbocycles. The number of nitrogens with zero attached hydrogens (tertiary/aromatic N) is 4. The number of benzene rings is 1. The van der Waals surface area contributed by atoms with Gasteiger partial charge in [-0.2, -0.15) is 31.4 Å². The van der Waals surface area contributed by atoms with E-state index in [1.165, 1.54) is 11.1 Å². The minimum absolute atomic E-state index is 0.0540. The van der Waals surface area contributed by atoms with Gasteiger partial charge in [-0.15, -0.1) is 0 Å². The number of ether oxygens (including phenoxy) is 1. The largest absolute Gasteiger partial charge is 0.490 e. The molecule has 1 spiro atoms. The number of likely N-dealkylation sites (tertiary alicyclic amines) is 1. The summed E-state index contributed by atoms with van der Waals surface area (Å²) in [6.07, 6.45) is -3.83. The van der Waals surface area contributed by atoms with Crippen molar-refractivity contribution in [3.63, 3.8) is 0 Å². The number of piperidine rings is 1. The van der Waals surface area contributed by atoms with E-state index in [1.807, 2.05) is 17.9 Å². The highest BCUT2D eigenvalue weighted by molar-refractivity contribution is 5.73. The van der Waals surface area contributed by atoms with Gasteiger partial charge in [0.05, 0.1) is 18.4 Å². The van der Waals surface area contributed by atoms with Crippen LogP contribution in [0, 0.1) is 0 Å². The molecule has 15 heteroatoms. The molecular formula is C24H30F6N4O5. The van der Waals surface area contributed by atoms with Crippen LogP contribution in [0.3, 0.4) is 0 Å². The van der Waals surface area contributed by atoms with Crippen LogP contribution in [0.25, 0.3) is 0 Å². The zero-order valence-corrected chi connectivity index (χ0v) is 21.1. The van der Waals surface area contributed by atoms with Gasteiger partial charge in [-0.05, 0) is 18.4 Å². The normalized spacial score (nSPS) is 17.9. The molecule has 2 fully saturated rings. The van der Waals surface area contributed by atoms with Gasteiger partial charge in [-0.1, -0.05) is 30.3 Å². The molecule has 0 saturated carbocycles. The molecule has 2 N–H and O–H groups in total. The molecule has 3 heterocycles. The van der Waals surface area contributed by atoms with Crippen LogP contribution in [-0.4, -0.2) is 92.5 Å². The van der Waals surface area contributed by atoms with Crippen LogP contribution < -0.4 is 0 Å². The van der Waals surface area contributed by atoms with Crippen molar-refractivity contribution in [1.82, 2.24) is 19.6 Å². The molecule has 0 aliphatic carbocycles. The highest BCUT2D eigenvalue weighted by Crippen LogP contribution is 2.31. The molecule has 0 amide bonds. The molecule has 0 radical (unpaired) electrons. The second-order valence-corrected chi connectivity index (χ2v) is 9.13. The van der Waals surface area contributed by atoms with Crippen molar-refractivity contribution in [3.8, 4) is 0 Å². The van der Waals surface area contributed by atoms with E-state index in [0.29, 0.717) is 0 Å². The number of carboxylic acid groups (broad SMARTS) is 2. The molecule has 0 unspecified atom stereocenters. The Morgan fingerprint density at radius 1 is 0.897 bits per heavy atom. The monoisotopic (exact) mass is 568 g/mol. The number of halogens is 6. The maximum absolute atomic E-state index is 10.6. The third kappa shape index (κ3) is 11.2. The number of carbonyl (C=O) groups is 2. The van der Waals surface area contributed by atoms with Gasteiger partial charge in [-0.25, -0.2) is 9.59 Å². The molecule has 2 saturated heterocycles. The molecule has 1 aromatic heterocycles. The molecule has 0 atom stereocenters. The first-order valence-corrected chi connectivity index (χ1v) is 11.8. The summed E-state index contributed by atoms with van der Waals surface area (Å²) in [7, 11) is 1.98. The second-order valence-electron chi connectivity index (χ2n) is 9.13. The van der Waals surface area contributed by atoms with Gasteiger partial charge in [-0.3, -0.25) is 14.5 Å². The zero-order chi connectivity index (χ0) is 29.3. The number of morpholine rings is 1. The Morgan fingerprint density at radius 2 is 1.41 bits per heavy atom. The van der Waals surface area contributed by atoms with Crippen molar-refractivity contribution < 1.29 is 50.9 Å².